The van der Waals surface area contributed by atoms with Crippen LogP contribution in [0.2, 0.25) is 0 Å². The molecule has 1 aliphatic rings. The van der Waals surface area contributed by atoms with Crippen LogP contribution in [0.25, 0.3) is 0 Å². The summed E-state index contributed by atoms with van der Waals surface area (Å²) in [5.74, 6) is -0.509. The van der Waals surface area contributed by atoms with Crippen LogP contribution in [0.4, 0.5) is 5.69 Å². The van der Waals surface area contributed by atoms with E-state index in [0.717, 1.165) is 51.1 Å². The monoisotopic (exact) mass is 520 g/mol. The van der Waals surface area contributed by atoms with Crippen molar-refractivity contribution in [3.8, 4) is 0 Å². The van der Waals surface area contributed by atoms with E-state index in [9.17, 15) is 19.7 Å². The molecule has 10 nitrogen and oxygen atoms in total. The second-order valence-electron chi connectivity index (χ2n) is 11.6. The Balaban J connectivity index is 2.00. The van der Waals surface area contributed by atoms with E-state index in [4.69, 9.17) is 9.47 Å². The van der Waals surface area contributed by atoms with Gasteiger partial charge in [-0.2, -0.15) is 0 Å². The van der Waals surface area contributed by atoms with Crippen molar-refractivity contribution in [3.63, 3.8) is 0 Å². The number of benzene rings is 1. The van der Waals surface area contributed by atoms with E-state index in [0.29, 0.717) is 13.1 Å². The highest BCUT2D eigenvalue weighted by Crippen LogP contribution is 2.14. The molecule has 0 atom stereocenters. The van der Waals surface area contributed by atoms with Gasteiger partial charge in [0.15, 0.2) is 0 Å². The van der Waals surface area contributed by atoms with E-state index in [-0.39, 0.29) is 35.6 Å². The highest BCUT2D eigenvalue weighted by atomic mass is 16.6. The summed E-state index contributed by atoms with van der Waals surface area (Å²) in [5, 5.41) is 10.9. The lowest BCUT2D eigenvalue weighted by Gasteiger charge is -2.27. The van der Waals surface area contributed by atoms with Gasteiger partial charge in [0.05, 0.1) is 18.0 Å². The molecule has 1 saturated heterocycles. The Kier molecular flexibility index (Phi) is 11.5. The molecule has 10 heteroatoms. The zero-order valence-electron chi connectivity index (χ0n) is 23.3. The Hall–Kier alpha value is -2.56. The number of aryl methyl sites for hydroxylation is 1. The van der Waals surface area contributed by atoms with E-state index in [1.54, 1.807) is 12.1 Å². The molecule has 208 valence electrons. The van der Waals surface area contributed by atoms with Crippen molar-refractivity contribution in [1.29, 1.82) is 0 Å². The first kappa shape index (κ1) is 30.7. The van der Waals surface area contributed by atoms with Crippen LogP contribution in [0.3, 0.4) is 0 Å². The first-order valence-corrected chi connectivity index (χ1v) is 13.0. The number of nitro benzene ring substituents is 1. The molecule has 1 aliphatic heterocycles. The van der Waals surface area contributed by atoms with Crippen molar-refractivity contribution in [2.24, 2.45) is 0 Å². The van der Waals surface area contributed by atoms with Crippen LogP contribution < -0.4 is 0 Å². The van der Waals surface area contributed by atoms with E-state index in [1.807, 2.05) is 53.7 Å². The third-order valence-corrected chi connectivity index (χ3v) is 5.83. The average molecular weight is 521 g/mol. The molecule has 1 heterocycles. The third kappa shape index (κ3) is 13.0. The van der Waals surface area contributed by atoms with Crippen LogP contribution >= 0.6 is 0 Å². The lowest BCUT2D eigenvalue weighted by Crippen LogP contribution is -2.42. The number of carbonyl (C=O) groups is 2. The summed E-state index contributed by atoms with van der Waals surface area (Å²) in [7, 11) is 0. The van der Waals surface area contributed by atoms with Crippen molar-refractivity contribution >= 4 is 17.6 Å². The van der Waals surface area contributed by atoms with Gasteiger partial charge >= 0.3 is 11.9 Å². The van der Waals surface area contributed by atoms with Gasteiger partial charge in [0, 0.05) is 51.4 Å². The zero-order valence-corrected chi connectivity index (χ0v) is 23.3. The van der Waals surface area contributed by atoms with Gasteiger partial charge in [-0.1, -0.05) is 12.1 Å². The minimum atomic E-state index is -0.538. The predicted octanol–water partition coefficient (Wildman–Crippen LogP) is 3.13. The summed E-state index contributed by atoms with van der Waals surface area (Å²) in [6, 6.07) is 6.70. The largest absolute Gasteiger partial charge is 0.459 e. The van der Waals surface area contributed by atoms with Crippen molar-refractivity contribution in [1.82, 2.24) is 14.7 Å². The fraction of sp³-hybridized carbons (Fsp3) is 0.704. The summed E-state index contributed by atoms with van der Waals surface area (Å²) >= 11 is 0. The Bertz CT molecular complexity index is 850. The van der Waals surface area contributed by atoms with Crippen molar-refractivity contribution in [3.05, 3.63) is 39.9 Å². The highest BCUT2D eigenvalue weighted by molar-refractivity contribution is 5.72. The normalized spacial score (nSPS) is 16.9. The zero-order chi connectivity index (χ0) is 27.6. The van der Waals surface area contributed by atoms with Crippen LogP contribution in [-0.2, 0) is 25.5 Å². The van der Waals surface area contributed by atoms with Gasteiger partial charge in [-0.05, 0) is 66.5 Å². The van der Waals surface area contributed by atoms with E-state index < -0.39 is 11.2 Å². The lowest BCUT2D eigenvalue weighted by molar-refractivity contribution is -0.384. The van der Waals surface area contributed by atoms with E-state index in [1.165, 1.54) is 0 Å². The smallest absolute Gasteiger partial charge is 0.320 e. The minimum Gasteiger partial charge on any atom is -0.459 e. The fourth-order valence-corrected chi connectivity index (χ4v) is 4.13. The molecule has 1 aromatic carbocycles. The number of carbonyl (C=O) groups excluding carboxylic acids is 2. The summed E-state index contributed by atoms with van der Waals surface area (Å²) in [5.41, 5.74) is 0.0825. The van der Waals surface area contributed by atoms with Crippen LogP contribution in [0.5, 0.6) is 0 Å². The molecule has 1 aromatic rings. The SMILES string of the molecule is CC(C)(C)OC(=O)CN1CCN(CCCc2ccc([N+](=O)[O-])cc2)CCN(CC(=O)OC(C)(C)C)CC1. The molecule has 1 fully saturated rings. The molecule has 37 heavy (non-hydrogen) atoms. The molecule has 0 amide bonds. The standard InChI is InChI=1S/C27H44N4O6/c1-26(2,3)36-24(32)20-29-16-14-28(13-7-8-22-9-11-23(12-10-22)31(34)35)15-17-30(19-18-29)21-25(33)37-27(4,5)6/h9-12H,7-8,13-21H2,1-6H3. The number of hydrogen-bond acceptors (Lipinski definition) is 9. The number of non-ortho nitro benzene ring substituents is 1. The van der Waals surface area contributed by atoms with Gasteiger partial charge in [-0.25, -0.2) is 0 Å². The Morgan fingerprint density at radius 1 is 0.784 bits per heavy atom. The van der Waals surface area contributed by atoms with Gasteiger partial charge in [0.1, 0.15) is 11.2 Å². The van der Waals surface area contributed by atoms with E-state index >= 15 is 0 Å². The maximum atomic E-state index is 12.5. The number of rotatable bonds is 9. The van der Waals surface area contributed by atoms with Gasteiger partial charge < -0.3 is 14.4 Å². The average Bonchev–Trinajstić information content (AvgIpc) is 2.83. The molecule has 0 bridgehead atoms. The maximum Gasteiger partial charge on any atom is 0.320 e. The second kappa shape index (κ2) is 13.8. The molecular weight excluding hydrogens is 476 g/mol. The number of ether oxygens (including phenoxy) is 2. The molecular formula is C27H44N4O6. The molecule has 0 unspecified atom stereocenters. The van der Waals surface area contributed by atoms with Crippen LogP contribution in [-0.4, -0.2) is 102 Å². The molecule has 2 rings (SSSR count). The molecule has 0 N–H and O–H groups in total. The minimum absolute atomic E-state index is 0.0962. The molecule has 0 aromatic heterocycles. The van der Waals surface area contributed by atoms with Gasteiger partial charge in [0.2, 0.25) is 0 Å². The van der Waals surface area contributed by atoms with Crippen LogP contribution in [0.1, 0.15) is 53.5 Å². The Morgan fingerprint density at radius 3 is 1.57 bits per heavy atom. The molecule has 0 radical (unpaired) electrons. The Labute approximate surface area is 221 Å². The fourth-order valence-electron chi connectivity index (χ4n) is 4.13. The molecule has 0 aliphatic carbocycles. The summed E-state index contributed by atoms with van der Waals surface area (Å²) in [4.78, 5) is 42.0. The van der Waals surface area contributed by atoms with Gasteiger partial charge in [-0.3, -0.25) is 29.5 Å². The number of esters is 2. The first-order valence-electron chi connectivity index (χ1n) is 13.0. The van der Waals surface area contributed by atoms with Gasteiger partial charge in [-0.15, -0.1) is 0 Å². The van der Waals surface area contributed by atoms with Gasteiger partial charge in [0.25, 0.3) is 5.69 Å². The second-order valence-corrected chi connectivity index (χ2v) is 11.6. The topological polar surface area (TPSA) is 105 Å². The summed E-state index contributed by atoms with van der Waals surface area (Å²) in [6.07, 6.45) is 1.72. The van der Waals surface area contributed by atoms with Crippen LogP contribution in [0.15, 0.2) is 24.3 Å². The van der Waals surface area contributed by atoms with Crippen LogP contribution in [0, 0.1) is 10.1 Å². The lowest BCUT2D eigenvalue weighted by atomic mass is 10.1. The number of nitrogens with zero attached hydrogens (tertiary/aromatic N) is 4. The first-order chi connectivity index (χ1) is 17.2. The maximum absolute atomic E-state index is 12.5. The van der Waals surface area contributed by atoms with Crippen molar-refractivity contribution in [2.75, 3.05) is 58.9 Å². The Morgan fingerprint density at radius 2 is 1.19 bits per heavy atom. The summed E-state index contributed by atoms with van der Waals surface area (Å²) < 4.78 is 11.1. The number of nitro groups is 1. The number of hydrogen-bond donors (Lipinski definition) is 0. The van der Waals surface area contributed by atoms with Crippen molar-refractivity contribution < 1.29 is 24.0 Å². The quantitative estimate of drug-likeness (QED) is 0.276. The summed E-state index contributed by atoms with van der Waals surface area (Å²) in [6.45, 7) is 16.7. The molecule has 0 saturated carbocycles. The van der Waals surface area contributed by atoms with E-state index in [2.05, 4.69) is 14.7 Å². The highest BCUT2D eigenvalue weighted by Gasteiger charge is 2.24. The third-order valence-electron chi connectivity index (χ3n) is 5.83. The van der Waals surface area contributed by atoms with Crippen molar-refractivity contribution in [2.45, 2.75) is 65.6 Å². The molecule has 0 spiro atoms. The predicted molar refractivity (Wildman–Crippen MR) is 142 cm³/mol.